The van der Waals surface area contributed by atoms with Crippen molar-refractivity contribution in [1.29, 1.82) is 0 Å². The molecule has 0 aromatic heterocycles. The van der Waals surface area contributed by atoms with E-state index in [-0.39, 0.29) is 5.78 Å². The van der Waals surface area contributed by atoms with E-state index >= 15 is 0 Å². The summed E-state index contributed by atoms with van der Waals surface area (Å²) in [6.07, 6.45) is 1.61. The maximum atomic E-state index is 10.7. The van der Waals surface area contributed by atoms with Crippen molar-refractivity contribution in [3.05, 3.63) is 35.4 Å². The van der Waals surface area contributed by atoms with Gasteiger partial charge >= 0.3 is 0 Å². The highest BCUT2D eigenvalue weighted by Crippen LogP contribution is 2.03. The lowest BCUT2D eigenvalue weighted by molar-refractivity contribution is -0.117. The predicted octanol–water partition coefficient (Wildman–Crippen LogP) is 2.45. The Morgan fingerprint density at radius 2 is 2.20 bits per heavy atom. The van der Waals surface area contributed by atoms with Gasteiger partial charge in [0.2, 0.25) is 0 Å². The van der Waals surface area contributed by atoms with Crippen LogP contribution in [-0.4, -0.2) is 12.3 Å². The van der Waals surface area contributed by atoms with Crippen LogP contribution in [0, 0.1) is 6.92 Å². The number of aryl methyl sites for hydroxylation is 1. The van der Waals surface area contributed by atoms with Gasteiger partial charge in [0.25, 0.3) is 0 Å². The van der Waals surface area contributed by atoms with Gasteiger partial charge in [0.15, 0.2) is 0 Å². The zero-order valence-corrected chi connectivity index (χ0v) is 9.55. The van der Waals surface area contributed by atoms with Gasteiger partial charge < -0.3 is 10.1 Å². The summed E-state index contributed by atoms with van der Waals surface area (Å²) in [5, 5.41) is 3.33. The molecular weight excluding hydrogens is 186 g/mol. The average Bonchev–Trinajstić information content (AvgIpc) is 2.17. The van der Waals surface area contributed by atoms with Gasteiger partial charge in [-0.1, -0.05) is 29.8 Å². The molecule has 1 rings (SSSR count). The lowest BCUT2D eigenvalue weighted by Crippen LogP contribution is -2.15. The number of carbonyl (C=O) groups excluding carboxylic acids is 1. The summed E-state index contributed by atoms with van der Waals surface area (Å²) in [6, 6.07) is 8.46. The SMILES string of the molecule is CC(=O)CCCNCc1cccc(C)c1. The van der Waals surface area contributed by atoms with Gasteiger partial charge in [-0.15, -0.1) is 0 Å². The number of hydrogen-bond donors (Lipinski definition) is 1. The van der Waals surface area contributed by atoms with Gasteiger partial charge in [-0.05, 0) is 32.4 Å². The molecule has 0 bridgehead atoms. The molecule has 82 valence electrons. The van der Waals surface area contributed by atoms with E-state index in [1.54, 1.807) is 6.92 Å². The van der Waals surface area contributed by atoms with Crippen LogP contribution in [0.25, 0.3) is 0 Å². The van der Waals surface area contributed by atoms with Crippen LogP contribution in [0.4, 0.5) is 0 Å². The van der Waals surface area contributed by atoms with Crippen molar-refractivity contribution in [3.63, 3.8) is 0 Å². The molecule has 0 aliphatic heterocycles. The van der Waals surface area contributed by atoms with Gasteiger partial charge in [0, 0.05) is 13.0 Å². The van der Waals surface area contributed by atoms with E-state index in [0.717, 1.165) is 19.5 Å². The summed E-state index contributed by atoms with van der Waals surface area (Å²) >= 11 is 0. The van der Waals surface area contributed by atoms with E-state index in [9.17, 15) is 4.79 Å². The van der Waals surface area contributed by atoms with Crippen molar-refractivity contribution in [1.82, 2.24) is 5.32 Å². The molecular formula is C13H19NO. The first-order valence-corrected chi connectivity index (χ1v) is 5.44. The molecule has 0 saturated carbocycles. The molecule has 1 aromatic carbocycles. The summed E-state index contributed by atoms with van der Waals surface area (Å²) in [4.78, 5) is 10.7. The summed E-state index contributed by atoms with van der Waals surface area (Å²) in [5.74, 6) is 0.271. The Balaban J connectivity index is 2.17. The van der Waals surface area contributed by atoms with Gasteiger partial charge in [-0.2, -0.15) is 0 Å². The number of carbonyl (C=O) groups is 1. The normalized spacial score (nSPS) is 10.3. The molecule has 0 aliphatic carbocycles. The highest BCUT2D eigenvalue weighted by atomic mass is 16.1. The number of Topliss-reactive ketones (excluding diaryl/α,β-unsaturated/α-hetero) is 1. The van der Waals surface area contributed by atoms with Gasteiger partial charge in [-0.25, -0.2) is 0 Å². The molecule has 0 saturated heterocycles. The third-order valence-corrected chi connectivity index (χ3v) is 2.29. The smallest absolute Gasteiger partial charge is 0.129 e. The Hall–Kier alpha value is -1.15. The Kier molecular flexibility index (Phi) is 5.05. The molecule has 0 amide bonds. The van der Waals surface area contributed by atoms with Crippen molar-refractivity contribution >= 4 is 5.78 Å². The second-order valence-corrected chi connectivity index (χ2v) is 3.97. The third-order valence-electron chi connectivity index (χ3n) is 2.29. The number of nitrogens with one attached hydrogen (secondary N) is 1. The molecule has 2 nitrogen and oxygen atoms in total. The molecule has 0 radical (unpaired) electrons. The zero-order valence-electron chi connectivity index (χ0n) is 9.55. The maximum Gasteiger partial charge on any atom is 0.129 e. The average molecular weight is 205 g/mol. The van der Waals surface area contributed by atoms with Crippen LogP contribution in [0.1, 0.15) is 30.9 Å². The number of rotatable bonds is 6. The molecule has 0 atom stereocenters. The largest absolute Gasteiger partial charge is 0.313 e. The van der Waals surface area contributed by atoms with E-state index in [1.807, 2.05) is 0 Å². The van der Waals surface area contributed by atoms with Crippen LogP contribution in [0.3, 0.4) is 0 Å². The fraction of sp³-hybridized carbons (Fsp3) is 0.462. The zero-order chi connectivity index (χ0) is 11.1. The first kappa shape index (κ1) is 11.9. The summed E-state index contributed by atoms with van der Waals surface area (Å²) in [7, 11) is 0. The minimum atomic E-state index is 0.271. The molecule has 0 unspecified atom stereocenters. The molecule has 1 aromatic rings. The highest BCUT2D eigenvalue weighted by molar-refractivity contribution is 5.75. The first-order valence-electron chi connectivity index (χ1n) is 5.44. The van der Waals surface area contributed by atoms with Gasteiger partial charge in [0.05, 0.1) is 0 Å². The molecule has 0 aliphatic rings. The Morgan fingerprint density at radius 1 is 1.40 bits per heavy atom. The maximum absolute atomic E-state index is 10.7. The topological polar surface area (TPSA) is 29.1 Å². The lowest BCUT2D eigenvalue weighted by atomic mass is 10.1. The van der Waals surface area contributed by atoms with Crippen LogP contribution in [0.2, 0.25) is 0 Å². The van der Waals surface area contributed by atoms with Crippen LogP contribution < -0.4 is 5.32 Å². The van der Waals surface area contributed by atoms with Crippen LogP contribution >= 0.6 is 0 Å². The van der Waals surface area contributed by atoms with Crippen molar-refractivity contribution in [2.45, 2.75) is 33.2 Å². The van der Waals surface area contributed by atoms with Crippen LogP contribution in [-0.2, 0) is 11.3 Å². The third kappa shape index (κ3) is 5.33. The number of ketones is 1. The fourth-order valence-electron chi connectivity index (χ4n) is 1.52. The van der Waals surface area contributed by atoms with E-state index < -0.39 is 0 Å². The molecule has 1 N–H and O–H groups in total. The molecule has 15 heavy (non-hydrogen) atoms. The number of hydrogen-bond acceptors (Lipinski definition) is 2. The van der Waals surface area contributed by atoms with E-state index in [1.165, 1.54) is 11.1 Å². The van der Waals surface area contributed by atoms with Crippen LogP contribution in [0.15, 0.2) is 24.3 Å². The predicted molar refractivity (Wildman–Crippen MR) is 62.8 cm³/mol. The summed E-state index contributed by atoms with van der Waals surface area (Å²) in [6.45, 7) is 5.53. The minimum Gasteiger partial charge on any atom is -0.313 e. The Bertz CT molecular complexity index is 320. The highest BCUT2D eigenvalue weighted by Gasteiger charge is 1.94. The fourth-order valence-corrected chi connectivity index (χ4v) is 1.52. The van der Waals surface area contributed by atoms with E-state index in [2.05, 4.69) is 36.5 Å². The first-order chi connectivity index (χ1) is 7.18. The van der Waals surface area contributed by atoms with E-state index in [0.29, 0.717) is 6.42 Å². The molecule has 2 heteroatoms. The summed E-state index contributed by atoms with van der Waals surface area (Å²) < 4.78 is 0. The number of benzene rings is 1. The Morgan fingerprint density at radius 3 is 2.87 bits per heavy atom. The quantitative estimate of drug-likeness (QED) is 0.723. The van der Waals surface area contributed by atoms with Crippen LogP contribution in [0.5, 0.6) is 0 Å². The van der Waals surface area contributed by atoms with Crippen molar-refractivity contribution in [2.24, 2.45) is 0 Å². The minimum absolute atomic E-state index is 0.271. The van der Waals surface area contributed by atoms with Gasteiger partial charge in [0.1, 0.15) is 5.78 Å². The monoisotopic (exact) mass is 205 g/mol. The van der Waals surface area contributed by atoms with Crippen molar-refractivity contribution in [2.75, 3.05) is 6.54 Å². The second-order valence-electron chi connectivity index (χ2n) is 3.97. The standard InChI is InChI=1S/C13H19NO/c1-11-5-3-7-13(9-11)10-14-8-4-6-12(2)15/h3,5,7,9,14H,4,6,8,10H2,1-2H3. The Labute approximate surface area is 91.7 Å². The van der Waals surface area contributed by atoms with Crippen molar-refractivity contribution < 1.29 is 4.79 Å². The second kappa shape index (κ2) is 6.36. The van der Waals surface area contributed by atoms with Crippen molar-refractivity contribution in [3.8, 4) is 0 Å². The van der Waals surface area contributed by atoms with E-state index in [4.69, 9.17) is 0 Å². The summed E-state index contributed by atoms with van der Waals surface area (Å²) in [5.41, 5.74) is 2.59. The molecule has 0 spiro atoms. The molecule has 0 fully saturated rings. The van der Waals surface area contributed by atoms with Gasteiger partial charge in [-0.3, -0.25) is 0 Å². The molecule has 0 heterocycles. The lowest BCUT2D eigenvalue weighted by Gasteiger charge is -2.04.